The van der Waals surface area contributed by atoms with Gasteiger partial charge in [-0.3, -0.25) is 9.59 Å². The second kappa shape index (κ2) is 9.61. The first-order valence-corrected chi connectivity index (χ1v) is 8.81. The fourth-order valence-electron chi connectivity index (χ4n) is 2.54. The van der Waals surface area contributed by atoms with Crippen molar-refractivity contribution in [1.82, 2.24) is 5.32 Å². The molecule has 2 aromatic carbocycles. The van der Waals surface area contributed by atoms with Crippen LogP contribution in [-0.4, -0.2) is 25.5 Å². The highest BCUT2D eigenvalue weighted by Gasteiger charge is 2.12. The predicted octanol–water partition coefficient (Wildman–Crippen LogP) is 3.39. The molecule has 26 heavy (non-hydrogen) atoms. The number of carbonyl (C=O) groups is 2. The van der Waals surface area contributed by atoms with Gasteiger partial charge in [-0.15, -0.1) is 0 Å². The summed E-state index contributed by atoms with van der Waals surface area (Å²) in [5.41, 5.74) is 2.83. The summed E-state index contributed by atoms with van der Waals surface area (Å²) in [5.74, 6) is 0.317. The number of hydrogen-bond donors (Lipinski definition) is 2. The number of amides is 2. The SMILES string of the molecule is CCC(C)C(=O)NCC(=O)Nc1ccc(OC)c(Cc2ccccc2)c1. The van der Waals surface area contributed by atoms with Crippen molar-refractivity contribution in [2.24, 2.45) is 5.92 Å². The van der Waals surface area contributed by atoms with E-state index in [9.17, 15) is 9.59 Å². The van der Waals surface area contributed by atoms with Crippen molar-refractivity contribution in [3.8, 4) is 5.75 Å². The number of carbonyl (C=O) groups excluding carboxylic acids is 2. The smallest absolute Gasteiger partial charge is 0.243 e. The molecule has 0 aromatic heterocycles. The van der Waals surface area contributed by atoms with Gasteiger partial charge in [0.2, 0.25) is 11.8 Å². The van der Waals surface area contributed by atoms with Gasteiger partial charge in [-0.1, -0.05) is 44.2 Å². The van der Waals surface area contributed by atoms with Crippen LogP contribution in [0, 0.1) is 5.92 Å². The standard InChI is InChI=1S/C21H26N2O3/c1-4-15(2)21(25)22-14-20(24)23-18-10-11-19(26-3)17(13-18)12-16-8-6-5-7-9-16/h5-11,13,15H,4,12,14H2,1-3H3,(H,22,25)(H,23,24). The molecule has 0 spiro atoms. The molecule has 0 saturated carbocycles. The molecule has 0 saturated heterocycles. The second-order valence-electron chi connectivity index (χ2n) is 6.26. The third-order valence-electron chi connectivity index (χ3n) is 4.28. The third kappa shape index (κ3) is 5.62. The van der Waals surface area contributed by atoms with Crippen LogP contribution in [-0.2, 0) is 16.0 Å². The maximum atomic E-state index is 12.1. The molecule has 2 rings (SSSR count). The van der Waals surface area contributed by atoms with Crippen molar-refractivity contribution in [2.45, 2.75) is 26.7 Å². The van der Waals surface area contributed by atoms with Gasteiger partial charge in [0.25, 0.3) is 0 Å². The van der Waals surface area contributed by atoms with Crippen LogP contribution in [0.15, 0.2) is 48.5 Å². The predicted molar refractivity (Wildman–Crippen MR) is 103 cm³/mol. The largest absolute Gasteiger partial charge is 0.496 e. The van der Waals surface area contributed by atoms with Gasteiger partial charge >= 0.3 is 0 Å². The van der Waals surface area contributed by atoms with E-state index < -0.39 is 0 Å². The summed E-state index contributed by atoms with van der Waals surface area (Å²) in [6.45, 7) is 3.74. The zero-order chi connectivity index (χ0) is 18.9. The first kappa shape index (κ1) is 19.5. The number of ether oxygens (including phenoxy) is 1. The average molecular weight is 354 g/mol. The number of nitrogens with one attached hydrogen (secondary N) is 2. The lowest BCUT2D eigenvalue weighted by atomic mass is 10.0. The third-order valence-corrected chi connectivity index (χ3v) is 4.28. The topological polar surface area (TPSA) is 67.4 Å². The summed E-state index contributed by atoms with van der Waals surface area (Å²) in [6, 6.07) is 15.6. The van der Waals surface area contributed by atoms with E-state index >= 15 is 0 Å². The fraction of sp³-hybridized carbons (Fsp3) is 0.333. The maximum absolute atomic E-state index is 12.1. The zero-order valence-corrected chi connectivity index (χ0v) is 15.5. The Morgan fingerprint density at radius 1 is 1.12 bits per heavy atom. The van der Waals surface area contributed by atoms with Gasteiger partial charge in [0.15, 0.2) is 0 Å². The number of benzene rings is 2. The number of rotatable bonds is 8. The van der Waals surface area contributed by atoms with Crippen molar-refractivity contribution < 1.29 is 14.3 Å². The highest BCUT2D eigenvalue weighted by molar-refractivity contribution is 5.94. The van der Waals surface area contributed by atoms with Crippen LogP contribution in [0.3, 0.4) is 0 Å². The first-order chi connectivity index (χ1) is 12.5. The molecule has 0 aliphatic rings. The maximum Gasteiger partial charge on any atom is 0.243 e. The van der Waals surface area contributed by atoms with Crippen LogP contribution < -0.4 is 15.4 Å². The Kier molecular flexibility index (Phi) is 7.21. The molecule has 5 heteroatoms. The molecule has 0 aliphatic carbocycles. The summed E-state index contributed by atoms with van der Waals surface area (Å²) in [4.78, 5) is 23.9. The highest BCUT2D eigenvalue weighted by atomic mass is 16.5. The zero-order valence-electron chi connectivity index (χ0n) is 15.5. The Hall–Kier alpha value is -2.82. The molecule has 0 fully saturated rings. The van der Waals surface area contributed by atoms with E-state index in [-0.39, 0.29) is 24.3 Å². The van der Waals surface area contributed by atoms with Crippen LogP contribution in [0.5, 0.6) is 5.75 Å². The Morgan fingerprint density at radius 2 is 1.85 bits per heavy atom. The van der Waals surface area contributed by atoms with E-state index in [1.54, 1.807) is 13.2 Å². The average Bonchev–Trinajstić information content (AvgIpc) is 2.66. The van der Waals surface area contributed by atoms with Gasteiger partial charge in [0.05, 0.1) is 13.7 Å². The van der Waals surface area contributed by atoms with E-state index in [0.717, 1.165) is 23.3 Å². The van der Waals surface area contributed by atoms with Crippen molar-refractivity contribution in [1.29, 1.82) is 0 Å². The molecule has 2 amide bonds. The highest BCUT2D eigenvalue weighted by Crippen LogP contribution is 2.25. The van der Waals surface area contributed by atoms with E-state index in [1.807, 2.05) is 44.2 Å². The molecule has 2 N–H and O–H groups in total. The Morgan fingerprint density at radius 3 is 2.50 bits per heavy atom. The Labute approximate surface area is 154 Å². The molecule has 0 heterocycles. The van der Waals surface area contributed by atoms with Crippen molar-refractivity contribution in [2.75, 3.05) is 19.0 Å². The Balaban J connectivity index is 2.02. The molecule has 2 aromatic rings. The minimum atomic E-state index is -0.252. The van der Waals surface area contributed by atoms with Crippen LogP contribution >= 0.6 is 0 Å². The lowest BCUT2D eigenvalue weighted by Gasteiger charge is -2.13. The van der Waals surface area contributed by atoms with Crippen molar-refractivity contribution in [3.63, 3.8) is 0 Å². The summed E-state index contributed by atoms with van der Waals surface area (Å²) >= 11 is 0. The lowest BCUT2D eigenvalue weighted by molar-refractivity contribution is -0.126. The molecule has 138 valence electrons. The van der Waals surface area contributed by atoms with Crippen molar-refractivity contribution >= 4 is 17.5 Å². The molecule has 0 radical (unpaired) electrons. The summed E-state index contributed by atoms with van der Waals surface area (Å²) in [6.07, 6.45) is 1.45. The Bertz CT molecular complexity index is 744. The van der Waals surface area contributed by atoms with Gasteiger partial charge in [0, 0.05) is 23.6 Å². The molecular weight excluding hydrogens is 328 g/mol. The van der Waals surface area contributed by atoms with E-state index in [4.69, 9.17) is 4.74 Å². The monoisotopic (exact) mass is 354 g/mol. The van der Waals surface area contributed by atoms with Crippen LogP contribution in [0.1, 0.15) is 31.4 Å². The quantitative estimate of drug-likeness (QED) is 0.764. The summed E-state index contributed by atoms with van der Waals surface area (Å²) in [5, 5.41) is 5.48. The van der Waals surface area contributed by atoms with Gasteiger partial charge < -0.3 is 15.4 Å². The lowest BCUT2D eigenvalue weighted by Crippen LogP contribution is -2.35. The summed E-state index contributed by atoms with van der Waals surface area (Å²) in [7, 11) is 1.63. The van der Waals surface area contributed by atoms with Crippen LogP contribution in [0.4, 0.5) is 5.69 Å². The van der Waals surface area contributed by atoms with Crippen LogP contribution in [0.25, 0.3) is 0 Å². The number of methoxy groups -OCH3 is 1. The van der Waals surface area contributed by atoms with Crippen molar-refractivity contribution in [3.05, 3.63) is 59.7 Å². The normalized spacial score (nSPS) is 11.5. The molecule has 5 nitrogen and oxygen atoms in total. The van der Waals surface area contributed by atoms with E-state index in [0.29, 0.717) is 12.1 Å². The molecular formula is C21H26N2O3. The van der Waals surface area contributed by atoms with E-state index in [1.165, 1.54) is 0 Å². The van der Waals surface area contributed by atoms with Gasteiger partial charge in [-0.05, 0) is 30.2 Å². The minimum absolute atomic E-state index is 0.0385. The van der Waals surface area contributed by atoms with Crippen LogP contribution in [0.2, 0.25) is 0 Å². The molecule has 0 aliphatic heterocycles. The first-order valence-electron chi connectivity index (χ1n) is 8.81. The van der Waals surface area contributed by atoms with Gasteiger partial charge in [0.1, 0.15) is 5.75 Å². The number of anilines is 1. The fourth-order valence-corrected chi connectivity index (χ4v) is 2.54. The van der Waals surface area contributed by atoms with Gasteiger partial charge in [-0.25, -0.2) is 0 Å². The van der Waals surface area contributed by atoms with Gasteiger partial charge in [-0.2, -0.15) is 0 Å². The molecule has 1 atom stereocenters. The van der Waals surface area contributed by atoms with E-state index in [2.05, 4.69) is 22.8 Å². The second-order valence-corrected chi connectivity index (χ2v) is 6.26. The minimum Gasteiger partial charge on any atom is -0.496 e. The summed E-state index contributed by atoms with van der Waals surface area (Å²) < 4.78 is 5.43. The molecule has 0 bridgehead atoms. The number of hydrogen-bond acceptors (Lipinski definition) is 3. The molecule has 1 unspecified atom stereocenters.